The number of hydrogen-bond acceptors (Lipinski definition) is 3. The van der Waals surface area contributed by atoms with Gasteiger partial charge in [-0.3, -0.25) is 4.79 Å². The first-order valence-electron chi connectivity index (χ1n) is 7.90. The lowest BCUT2D eigenvalue weighted by Gasteiger charge is -2.09. The van der Waals surface area contributed by atoms with Gasteiger partial charge in [0.2, 0.25) is 5.91 Å². The number of aromatic nitrogens is 1. The lowest BCUT2D eigenvalue weighted by atomic mass is 10.1. The molecule has 0 saturated heterocycles. The molecule has 3 aromatic rings. The van der Waals surface area contributed by atoms with Gasteiger partial charge in [-0.25, -0.2) is 4.98 Å². The largest absolute Gasteiger partial charge is 0.325 e. The molecule has 0 aliphatic carbocycles. The molecule has 3 rings (SSSR count). The van der Waals surface area contributed by atoms with Gasteiger partial charge in [0.15, 0.2) is 0 Å². The molecule has 1 aromatic heterocycles. The summed E-state index contributed by atoms with van der Waals surface area (Å²) in [6, 6.07) is 14.2. The number of hydrogen-bond donors (Lipinski definition) is 1. The van der Waals surface area contributed by atoms with Crippen molar-refractivity contribution in [1.29, 1.82) is 0 Å². The molecule has 0 aliphatic rings. The Kier molecular flexibility index (Phi) is 4.76. The van der Waals surface area contributed by atoms with E-state index in [4.69, 9.17) is 0 Å². The van der Waals surface area contributed by atoms with Crippen LogP contribution >= 0.6 is 11.3 Å². The predicted octanol–water partition coefficient (Wildman–Crippen LogP) is 4.92. The van der Waals surface area contributed by atoms with Gasteiger partial charge >= 0.3 is 0 Å². The van der Waals surface area contributed by atoms with E-state index in [2.05, 4.69) is 41.5 Å². The number of nitrogens with zero attached hydrogens (tertiary/aromatic N) is 1. The number of carbonyl (C=O) groups is 1. The van der Waals surface area contributed by atoms with Crippen molar-refractivity contribution in [3.63, 3.8) is 0 Å². The molecule has 2 aromatic carbocycles. The van der Waals surface area contributed by atoms with Crippen molar-refractivity contribution in [1.82, 2.24) is 4.98 Å². The standard InChI is InChI=1S/C20H20N2OS/c1-13-7-9-16(10-8-13)20-21-17(12-24-20)11-19(23)22-18-6-4-5-14(2)15(18)3/h4-10,12H,11H2,1-3H3,(H,22,23). The van der Waals surface area contributed by atoms with Crippen LogP contribution in [0.2, 0.25) is 0 Å². The van der Waals surface area contributed by atoms with Gasteiger partial charge in [0, 0.05) is 16.6 Å². The molecule has 0 radical (unpaired) electrons. The Hall–Kier alpha value is -2.46. The van der Waals surface area contributed by atoms with E-state index in [1.807, 2.05) is 37.4 Å². The van der Waals surface area contributed by atoms with Crippen LogP contribution in [0.15, 0.2) is 47.8 Å². The van der Waals surface area contributed by atoms with Crippen LogP contribution in [-0.2, 0) is 11.2 Å². The molecule has 0 aliphatic heterocycles. The molecule has 3 nitrogen and oxygen atoms in total. The SMILES string of the molecule is Cc1ccc(-c2nc(CC(=O)Nc3cccc(C)c3C)cs2)cc1. The van der Waals surface area contributed by atoms with Crippen LogP contribution in [-0.4, -0.2) is 10.9 Å². The molecule has 4 heteroatoms. The normalized spacial score (nSPS) is 10.6. The molecule has 0 bridgehead atoms. The second kappa shape index (κ2) is 6.97. The Morgan fingerprint density at radius 2 is 1.83 bits per heavy atom. The summed E-state index contributed by atoms with van der Waals surface area (Å²) < 4.78 is 0. The maximum Gasteiger partial charge on any atom is 0.230 e. The highest BCUT2D eigenvalue weighted by Gasteiger charge is 2.10. The van der Waals surface area contributed by atoms with Crippen molar-refractivity contribution >= 4 is 22.9 Å². The molecule has 24 heavy (non-hydrogen) atoms. The molecule has 122 valence electrons. The van der Waals surface area contributed by atoms with Crippen LogP contribution in [0.3, 0.4) is 0 Å². The lowest BCUT2D eigenvalue weighted by molar-refractivity contribution is -0.115. The van der Waals surface area contributed by atoms with Gasteiger partial charge in [-0.15, -0.1) is 11.3 Å². The molecule has 1 amide bonds. The molecule has 0 spiro atoms. The zero-order valence-corrected chi connectivity index (χ0v) is 14.9. The first kappa shape index (κ1) is 16.4. The zero-order chi connectivity index (χ0) is 17.1. The summed E-state index contributed by atoms with van der Waals surface area (Å²) in [5.74, 6) is -0.0375. The average Bonchev–Trinajstić information content (AvgIpc) is 3.01. The minimum Gasteiger partial charge on any atom is -0.325 e. The van der Waals surface area contributed by atoms with Gasteiger partial charge in [0.05, 0.1) is 12.1 Å². The first-order chi connectivity index (χ1) is 11.5. The van der Waals surface area contributed by atoms with Gasteiger partial charge < -0.3 is 5.32 Å². The molecule has 1 heterocycles. The van der Waals surface area contributed by atoms with Crippen LogP contribution in [0.1, 0.15) is 22.4 Å². The summed E-state index contributed by atoms with van der Waals surface area (Å²) in [4.78, 5) is 16.9. The van der Waals surface area contributed by atoms with E-state index in [-0.39, 0.29) is 12.3 Å². The Balaban J connectivity index is 1.69. The summed E-state index contributed by atoms with van der Waals surface area (Å²) >= 11 is 1.57. The quantitative estimate of drug-likeness (QED) is 0.735. The lowest BCUT2D eigenvalue weighted by Crippen LogP contribution is -2.15. The molecule has 0 fully saturated rings. The molecular weight excluding hydrogens is 316 g/mol. The third-order valence-electron chi connectivity index (χ3n) is 4.07. The van der Waals surface area contributed by atoms with Crippen molar-refractivity contribution in [3.05, 3.63) is 70.2 Å². The molecule has 0 unspecified atom stereocenters. The number of anilines is 1. The summed E-state index contributed by atoms with van der Waals surface area (Å²) in [7, 11) is 0. The highest BCUT2D eigenvalue weighted by atomic mass is 32.1. The van der Waals surface area contributed by atoms with Crippen LogP contribution < -0.4 is 5.32 Å². The molecule has 0 saturated carbocycles. The van der Waals surface area contributed by atoms with E-state index in [9.17, 15) is 4.79 Å². The van der Waals surface area contributed by atoms with E-state index in [0.717, 1.165) is 27.5 Å². The van der Waals surface area contributed by atoms with E-state index in [1.165, 1.54) is 11.1 Å². The van der Waals surface area contributed by atoms with Crippen LogP contribution in [0, 0.1) is 20.8 Å². The monoisotopic (exact) mass is 336 g/mol. The number of rotatable bonds is 4. The number of aryl methyl sites for hydroxylation is 2. The Bertz CT molecular complexity index is 866. The summed E-state index contributed by atoms with van der Waals surface area (Å²) in [5, 5.41) is 5.89. The van der Waals surface area contributed by atoms with Crippen LogP contribution in [0.25, 0.3) is 10.6 Å². The van der Waals surface area contributed by atoms with Gasteiger partial charge in [-0.05, 0) is 38.0 Å². The first-order valence-corrected chi connectivity index (χ1v) is 8.78. The number of nitrogens with one attached hydrogen (secondary N) is 1. The third kappa shape index (κ3) is 3.71. The topological polar surface area (TPSA) is 42.0 Å². The van der Waals surface area contributed by atoms with Gasteiger partial charge in [0.1, 0.15) is 5.01 Å². The maximum absolute atomic E-state index is 12.3. The molecule has 1 N–H and O–H groups in total. The fourth-order valence-corrected chi connectivity index (χ4v) is 3.29. The minimum absolute atomic E-state index is 0.0375. The number of benzene rings is 2. The van der Waals surface area contributed by atoms with Crippen molar-refractivity contribution < 1.29 is 4.79 Å². The Morgan fingerprint density at radius 1 is 1.08 bits per heavy atom. The average molecular weight is 336 g/mol. The van der Waals surface area contributed by atoms with Crippen molar-refractivity contribution in [2.75, 3.05) is 5.32 Å². The van der Waals surface area contributed by atoms with E-state index >= 15 is 0 Å². The number of carbonyl (C=O) groups excluding carboxylic acids is 1. The van der Waals surface area contributed by atoms with Gasteiger partial charge in [0.25, 0.3) is 0 Å². The van der Waals surface area contributed by atoms with Crippen LogP contribution in [0.5, 0.6) is 0 Å². The van der Waals surface area contributed by atoms with E-state index in [1.54, 1.807) is 11.3 Å². The predicted molar refractivity (Wildman–Crippen MR) is 101 cm³/mol. The smallest absolute Gasteiger partial charge is 0.230 e. The highest BCUT2D eigenvalue weighted by Crippen LogP contribution is 2.24. The number of amides is 1. The van der Waals surface area contributed by atoms with Crippen LogP contribution in [0.4, 0.5) is 5.69 Å². The summed E-state index contributed by atoms with van der Waals surface area (Å²) in [6.07, 6.45) is 0.287. The fourth-order valence-electron chi connectivity index (χ4n) is 2.46. The summed E-state index contributed by atoms with van der Waals surface area (Å²) in [5.41, 5.74) is 6.26. The number of thiazole rings is 1. The fraction of sp³-hybridized carbons (Fsp3) is 0.200. The van der Waals surface area contributed by atoms with Crippen molar-refractivity contribution in [3.8, 4) is 10.6 Å². The maximum atomic E-state index is 12.3. The van der Waals surface area contributed by atoms with E-state index in [0.29, 0.717) is 0 Å². The minimum atomic E-state index is -0.0375. The van der Waals surface area contributed by atoms with Crippen molar-refractivity contribution in [2.45, 2.75) is 27.2 Å². The molecule has 0 atom stereocenters. The zero-order valence-electron chi connectivity index (χ0n) is 14.1. The van der Waals surface area contributed by atoms with Crippen molar-refractivity contribution in [2.24, 2.45) is 0 Å². The van der Waals surface area contributed by atoms with E-state index < -0.39 is 0 Å². The molecular formula is C20H20N2OS. The Morgan fingerprint density at radius 3 is 2.58 bits per heavy atom. The third-order valence-corrected chi connectivity index (χ3v) is 5.01. The van der Waals surface area contributed by atoms with Gasteiger partial charge in [-0.2, -0.15) is 0 Å². The highest BCUT2D eigenvalue weighted by molar-refractivity contribution is 7.13. The van der Waals surface area contributed by atoms with Gasteiger partial charge in [-0.1, -0.05) is 42.0 Å². The Labute approximate surface area is 146 Å². The second-order valence-electron chi connectivity index (χ2n) is 5.98. The second-order valence-corrected chi connectivity index (χ2v) is 6.84. The summed E-state index contributed by atoms with van der Waals surface area (Å²) in [6.45, 7) is 6.12.